The van der Waals surface area contributed by atoms with Gasteiger partial charge in [-0.25, -0.2) is 9.78 Å². The largest absolute Gasteiger partial charge is 0.494 e. The smallest absolute Gasteiger partial charge is 0.323 e. The minimum absolute atomic E-state index is 0.00768. The Morgan fingerprint density at radius 1 is 1.22 bits per heavy atom. The number of benzene rings is 1. The van der Waals surface area contributed by atoms with Crippen LogP contribution in [0, 0.1) is 0 Å². The zero-order valence-electron chi connectivity index (χ0n) is 20.4. The molecule has 12 nitrogen and oxygen atoms in total. The first-order valence-electron chi connectivity index (χ1n) is 11.2. The van der Waals surface area contributed by atoms with Gasteiger partial charge in [0.1, 0.15) is 6.33 Å². The van der Waals surface area contributed by atoms with Gasteiger partial charge in [0, 0.05) is 37.3 Å². The van der Waals surface area contributed by atoms with Crippen LogP contribution in [0.15, 0.2) is 30.6 Å². The van der Waals surface area contributed by atoms with Crippen LogP contribution in [0.4, 0.5) is 22.0 Å². The second-order valence-corrected chi connectivity index (χ2v) is 6.87. The van der Waals surface area contributed by atoms with E-state index in [4.69, 9.17) is 8.85 Å². The Morgan fingerprint density at radius 3 is 2.72 bits per heavy atom. The minimum Gasteiger partial charge on any atom is -0.494 e. The Morgan fingerprint density at radius 2 is 2.06 bits per heavy atom. The van der Waals surface area contributed by atoms with Crippen LogP contribution in [-0.2, 0) is 6.98 Å². The second-order valence-electron chi connectivity index (χ2n) is 6.87. The molecule has 1 aromatic carbocycles. The number of urea groups is 1. The third-order valence-corrected chi connectivity index (χ3v) is 4.84. The van der Waals surface area contributed by atoms with Gasteiger partial charge in [-0.2, -0.15) is 5.10 Å². The molecular weight excluding hydrogens is 414 g/mol. The third-order valence-electron chi connectivity index (χ3n) is 4.84. The number of nitrogens with one attached hydrogen (secondary N) is 3. The number of methoxy groups -OCH3 is 1. The number of rotatable bonds is 6. The Kier molecular flexibility index (Phi) is 4.84. The Hall–Kier alpha value is -4.22. The van der Waals surface area contributed by atoms with Crippen LogP contribution >= 0.6 is 0 Å². The lowest BCUT2D eigenvalue weighted by atomic mass is 10.1. The van der Waals surface area contributed by atoms with Gasteiger partial charge in [-0.3, -0.25) is 14.8 Å². The van der Waals surface area contributed by atoms with Crippen LogP contribution in [-0.4, -0.2) is 69.0 Å². The van der Waals surface area contributed by atoms with Gasteiger partial charge in [0.2, 0.25) is 0 Å². The van der Waals surface area contributed by atoms with Gasteiger partial charge >= 0.3 is 6.03 Å². The van der Waals surface area contributed by atoms with Gasteiger partial charge in [0.25, 0.3) is 5.91 Å². The molecule has 3 N–H and O–H groups in total. The van der Waals surface area contributed by atoms with Crippen molar-refractivity contribution in [2.45, 2.75) is 6.42 Å². The number of ether oxygens (including phenoxy) is 1. The molecule has 0 saturated carbocycles. The molecule has 0 radical (unpaired) electrons. The van der Waals surface area contributed by atoms with E-state index in [2.05, 4.69) is 36.2 Å². The molecule has 0 atom stereocenters. The molecule has 2 aromatic heterocycles. The number of para-hydroxylation sites is 1. The van der Waals surface area contributed by atoms with E-state index < -0.39 is 12.9 Å². The van der Waals surface area contributed by atoms with Crippen molar-refractivity contribution in [3.63, 3.8) is 0 Å². The van der Waals surface area contributed by atoms with Crippen LogP contribution in [0.3, 0.4) is 0 Å². The van der Waals surface area contributed by atoms with Crippen molar-refractivity contribution in [2.75, 3.05) is 37.9 Å². The van der Waals surface area contributed by atoms with Crippen LogP contribution in [0.2, 0.25) is 0 Å². The molecule has 1 saturated heterocycles. The average molecular weight is 440 g/mol. The highest BCUT2D eigenvalue weighted by atomic mass is 16.5. The highest BCUT2D eigenvalue weighted by Crippen LogP contribution is 2.37. The first-order valence-corrected chi connectivity index (χ1v) is 9.73. The number of amides is 3. The summed E-state index contributed by atoms with van der Waals surface area (Å²) in [7, 11) is 2.90. The van der Waals surface area contributed by atoms with Crippen molar-refractivity contribution >= 4 is 29.1 Å². The number of likely N-dealkylation sites (tertiary alicyclic amines) is 1. The lowest BCUT2D eigenvalue weighted by Crippen LogP contribution is -2.44. The summed E-state index contributed by atoms with van der Waals surface area (Å²) >= 11 is 0. The number of anilines is 3. The van der Waals surface area contributed by atoms with Crippen LogP contribution < -0.4 is 20.7 Å². The van der Waals surface area contributed by atoms with E-state index >= 15 is 0 Å². The highest BCUT2D eigenvalue weighted by Gasteiger charge is 2.22. The number of carbonyl (C=O) groups is 2. The van der Waals surface area contributed by atoms with E-state index in [9.17, 15) is 9.59 Å². The van der Waals surface area contributed by atoms with E-state index in [1.807, 2.05) is 0 Å². The molecule has 0 unspecified atom stereocenters. The number of carbonyl (C=O) groups excluding carboxylic acids is 2. The molecule has 1 aliphatic heterocycles. The quantitative estimate of drug-likeness (QED) is 0.525. The summed E-state index contributed by atoms with van der Waals surface area (Å²) in [5.74, 6) is 0.115. The first kappa shape index (κ1) is 17.5. The van der Waals surface area contributed by atoms with E-state index in [1.54, 1.807) is 23.1 Å². The lowest BCUT2D eigenvalue weighted by Gasteiger charge is -2.30. The SMILES string of the molecule is [2H]C([2H])([2H])n1cnc(-c2cccc(Nc3cc(NC(=O)N4CCC4)nnc3C(=O)NC)c2OC)n1. The number of aromatic nitrogens is 5. The number of hydrogen-bond donors (Lipinski definition) is 3. The normalized spacial score (nSPS) is 14.4. The van der Waals surface area contributed by atoms with Crippen molar-refractivity contribution < 1.29 is 18.4 Å². The van der Waals surface area contributed by atoms with Gasteiger partial charge in [-0.1, -0.05) is 6.07 Å². The van der Waals surface area contributed by atoms with Crippen LogP contribution in [0.25, 0.3) is 11.4 Å². The standard InChI is InChI=1S/C20H23N9O3/c1-21-19(30)16-14(10-15(25-26-16)24-20(31)29-8-5-9-29)23-13-7-4-6-12(17(13)32-3)18-22-11-28(2)27-18/h4,6-7,10-11H,5,8-9H2,1-3H3,(H,21,30)(H2,23,24,25,31)/i2D3. The summed E-state index contributed by atoms with van der Waals surface area (Å²) in [5, 5.41) is 20.2. The minimum atomic E-state index is -2.48. The van der Waals surface area contributed by atoms with E-state index in [1.165, 1.54) is 20.2 Å². The predicted octanol–water partition coefficient (Wildman–Crippen LogP) is 1.62. The summed E-state index contributed by atoms with van der Waals surface area (Å²) < 4.78 is 28.8. The van der Waals surface area contributed by atoms with Gasteiger partial charge in [-0.15, -0.1) is 10.2 Å². The maximum absolute atomic E-state index is 12.4. The van der Waals surface area contributed by atoms with Gasteiger partial charge in [0.15, 0.2) is 23.1 Å². The van der Waals surface area contributed by atoms with Gasteiger partial charge in [0.05, 0.1) is 24.0 Å². The topological polar surface area (TPSA) is 139 Å². The van der Waals surface area contributed by atoms with Crippen LogP contribution in [0.1, 0.15) is 21.0 Å². The maximum atomic E-state index is 12.4. The Balaban J connectivity index is 1.69. The summed E-state index contributed by atoms with van der Waals surface area (Å²) in [6.07, 6.45) is 2.06. The van der Waals surface area contributed by atoms with Gasteiger partial charge < -0.3 is 20.3 Å². The molecule has 32 heavy (non-hydrogen) atoms. The fourth-order valence-electron chi connectivity index (χ4n) is 3.11. The van der Waals surface area contributed by atoms with Crippen molar-refractivity contribution in [2.24, 2.45) is 6.98 Å². The monoisotopic (exact) mass is 440 g/mol. The molecule has 3 heterocycles. The Labute approximate surface area is 188 Å². The van der Waals surface area contributed by atoms with Crippen molar-refractivity contribution in [3.05, 3.63) is 36.3 Å². The second kappa shape index (κ2) is 8.88. The van der Waals surface area contributed by atoms with Crippen molar-refractivity contribution in [1.82, 2.24) is 35.2 Å². The summed E-state index contributed by atoms with van der Waals surface area (Å²) in [4.78, 5) is 30.4. The maximum Gasteiger partial charge on any atom is 0.323 e. The molecule has 0 spiro atoms. The van der Waals surface area contributed by atoms with Crippen molar-refractivity contribution in [3.8, 4) is 17.1 Å². The van der Waals surface area contributed by atoms with E-state index in [0.717, 1.165) is 17.4 Å². The molecule has 1 fully saturated rings. The van der Waals surface area contributed by atoms with Gasteiger partial charge in [-0.05, 0) is 18.6 Å². The highest BCUT2D eigenvalue weighted by molar-refractivity contribution is 5.99. The van der Waals surface area contributed by atoms with Crippen molar-refractivity contribution in [1.29, 1.82) is 0 Å². The zero-order valence-corrected chi connectivity index (χ0v) is 17.4. The number of nitrogens with zero attached hydrogens (tertiary/aromatic N) is 6. The fourth-order valence-corrected chi connectivity index (χ4v) is 3.11. The molecular formula is C20H23N9O3. The zero-order chi connectivity index (χ0) is 25.2. The predicted molar refractivity (Wildman–Crippen MR) is 117 cm³/mol. The molecule has 0 bridgehead atoms. The Bertz CT molecular complexity index is 1260. The molecule has 0 aliphatic carbocycles. The van der Waals surface area contributed by atoms with E-state index in [0.29, 0.717) is 30.1 Å². The fraction of sp³-hybridized carbons (Fsp3) is 0.300. The number of hydrogen-bond acceptors (Lipinski definition) is 8. The first-order chi connectivity index (χ1) is 16.7. The molecule has 4 rings (SSSR count). The molecule has 12 heteroatoms. The summed E-state index contributed by atoms with van der Waals surface area (Å²) in [5.41, 5.74) is 1.10. The summed E-state index contributed by atoms with van der Waals surface area (Å²) in [6, 6.07) is 6.24. The molecule has 3 amide bonds. The average Bonchev–Trinajstić information content (AvgIpc) is 3.28. The summed E-state index contributed by atoms with van der Waals surface area (Å²) in [6.45, 7) is -1.15. The molecule has 1 aliphatic rings. The molecule has 3 aromatic rings. The van der Waals surface area contributed by atoms with E-state index in [-0.39, 0.29) is 29.1 Å². The third kappa shape index (κ3) is 4.15. The number of aryl methyl sites for hydroxylation is 1. The molecule has 166 valence electrons. The lowest BCUT2D eigenvalue weighted by molar-refractivity contribution is 0.0958. The van der Waals surface area contributed by atoms with Crippen LogP contribution in [0.5, 0.6) is 5.75 Å².